The molecule has 3 amide bonds. The zero-order valence-corrected chi connectivity index (χ0v) is 21.7. The molecule has 1 unspecified atom stereocenters. The van der Waals surface area contributed by atoms with E-state index in [9.17, 15) is 22.8 Å². The molecule has 1 aromatic heterocycles. The minimum atomic E-state index is -3.85. The standard InChI is InChI=1S/C21H29ClN4O6S2/c1-14(17-4-5-18(22)33-17)13-34(30,31)23-15-6-7-26(20(15)28)16(12-19(27)24(2)3)21(29)25-8-10-32-11-9-25/h4-6,14,16,23H,7-13H2,1-3H3/t14?,16-/m0/s1. The van der Waals surface area contributed by atoms with Gasteiger partial charge in [0.15, 0.2) is 0 Å². The zero-order valence-electron chi connectivity index (χ0n) is 19.3. The summed E-state index contributed by atoms with van der Waals surface area (Å²) in [6.45, 7) is 3.28. The van der Waals surface area contributed by atoms with Crippen molar-refractivity contribution in [3.05, 3.63) is 33.1 Å². The molecule has 0 saturated carbocycles. The van der Waals surface area contributed by atoms with Crippen molar-refractivity contribution < 1.29 is 27.5 Å². The number of sulfonamides is 1. The molecular weight excluding hydrogens is 504 g/mol. The van der Waals surface area contributed by atoms with Crippen molar-refractivity contribution in [1.82, 2.24) is 19.4 Å². The summed E-state index contributed by atoms with van der Waals surface area (Å²) in [6.07, 6.45) is 1.24. The van der Waals surface area contributed by atoms with Gasteiger partial charge in [-0.2, -0.15) is 0 Å². The molecule has 3 heterocycles. The van der Waals surface area contributed by atoms with Crippen LogP contribution in [0, 0.1) is 0 Å². The van der Waals surface area contributed by atoms with Crippen LogP contribution in [0.5, 0.6) is 0 Å². The molecule has 1 N–H and O–H groups in total. The molecule has 13 heteroatoms. The summed E-state index contributed by atoms with van der Waals surface area (Å²) in [5, 5.41) is 0. The molecule has 188 valence electrons. The molecule has 1 saturated heterocycles. The third-order valence-corrected chi connectivity index (χ3v) is 8.58. The number of hydrogen-bond acceptors (Lipinski definition) is 7. The van der Waals surface area contributed by atoms with Crippen LogP contribution in [0.3, 0.4) is 0 Å². The van der Waals surface area contributed by atoms with E-state index in [1.54, 1.807) is 38.1 Å². The van der Waals surface area contributed by atoms with Crippen LogP contribution in [0.1, 0.15) is 24.1 Å². The van der Waals surface area contributed by atoms with Gasteiger partial charge in [-0.05, 0) is 18.2 Å². The second-order valence-electron chi connectivity index (χ2n) is 8.45. The number of nitrogens with zero attached hydrogens (tertiary/aromatic N) is 3. The van der Waals surface area contributed by atoms with Gasteiger partial charge in [0.2, 0.25) is 21.8 Å². The Balaban J connectivity index is 1.71. The van der Waals surface area contributed by atoms with E-state index in [1.807, 2.05) is 0 Å². The van der Waals surface area contributed by atoms with E-state index < -0.39 is 22.0 Å². The lowest BCUT2D eigenvalue weighted by atomic mass is 10.1. The summed E-state index contributed by atoms with van der Waals surface area (Å²) < 4.78 is 33.7. The summed E-state index contributed by atoms with van der Waals surface area (Å²) in [7, 11) is -0.704. The highest BCUT2D eigenvalue weighted by atomic mass is 35.5. The van der Waals surface area contributed by atoms with Gasteiger partial charge in [-0.3, -0.25) is 19.1 Å². The van der Waals surface area contributed by atoms with E-state index in [-0.39, 0.29) is 42.1 Å². The van der Waals surface area contributed by atoms with E-state index in [0.29, 0.717) is 30.6 Å². The summed E-state index contributed by atoms with van der Waals surface area (Å²) in [5.74, 6) is -1.85. The minimum absolute atomic E-state index is 0.0221. The van der Waals surface area contributed by atoms with Crippen molar-refractivity contribution in [3.63, 3.8) is 0 Å². The Hall–Kier alpha value is -2.15. The van der Waals surface area contributed by atoms with E-state index >= 15 is 0 Å². The van der Waals surface area contributed by atoms with Crippen LogP contribution in [-0.4, -0.2) is 99.6 Å². The molecule has 0 aliphatic carbocycles. The topological polar surface area (TPSA) is 116 Å². The smallest absolute Gasteiger partial charge is 0.271 e. The van der Waals surface area contributed by atoms with E-state index in [2.05, 4.69) is 4.72 Å². The number of rotatable bonds is 9. The Morgan fingerprint density at radius 2 is 1.94 bits per heavy atom. The Labute approximate surface area is 208 Å². The average Bonchev–Trinajstić information content (AvgIpc) is 3.37. The highest BCUT2D eigenvalue weighted by molar-refractivity contribution is 7.89. The maximum Gasteiger partial charge on any atom is 0.271 e. The lowest BCUT2D eigenvalue weighted by Crippen LogP contribution is -2.54. The largest absolute Gasteiger partial charge is 0.378 e. The van der Waals surface area contributed by atoms with Gasteiger partial charge in [0.05, 0.1) is 29.7 Å². The second-order valence-corrected chi connectivity index (χ2v) is 12.0. The predicted octanol–water partition coefficient (Wildman–Crippen LogP) is 0.856. The first-order valence-electron chi connectivity index (χ1n) is 10.8. The van der Waals surface area contributed by atoms with Crippen molar-refractivity contribution in [3.8, 4) is 0 Å². The van der Waals surface area contributed by atoms with Crippen LogP contribution in [0.25, 0.3) is 0 Å². The molecule has 0 aromatic carbocycles. The first-order chi connectivity index (χ1) is 16.0. The van der Waals surface area contributed by atoms with Crippen LogP contribution in [-0.2, 0) is 29.1 Å². The zero-order chi connectivity index (χ0) is 25.0. The Bertz CT molecular complexity index is 1070. The van der Waals surface area contributed by atoms with Crippen molar-refractivity contribution >= 4 is 50.7 Å². The molecule has 0 spiro atoms. The fourth-order valence-corrected chi connectivity index (χ4v) is 6.40. The summed E-state index contributed by atoms with van der Waals surface area (Å²) in [4.78, 5) is 43.8. The molecule has 2 aliphatic rings. The van der Waals surface area contributed by atoms with E-state index in [0.717, 1.165) is 4.88 Å². The SMILES string of the molecule is CC(CS(=O)(=O)NC1=CCN([C@@H](CC(=O)N(C)C)C(=O)N2CCOCC2)C1=O)c1ccc(Cl)s1. The van der Waals surface area contributed by atoms with Crippen LogP contribution >= 0.6 is 22.9 Å². The fourth-order valence-electron chi connectivity index (χ4n) is 3.76. The van der Waals surface area contributed by atoms with E-state index in [4.69, 9.17) is 16.3 Å². The molecule has 1 fully saturated rings. The first-order valence-corrected chi connectivity index (χ1v) is 13.7. The molecule has 0 radical (unpaired) electrons. The quantitative estimate of drug-likeness (QED) is 0.504. The summed E-state index contributed by atoms with van der Waals surface area (Å²) >= 11 is 7.25. The predicted molar refractivity (Wildman–Crippen MR) is 129 cm³/mol. The summed E-state index contributed by atoms with van der Waals surface area (Å²) in [6, 6.07) is 2.45. The normalized spacial score (nSPS) is 18.5. The monoisotopic (exact) mass is 532 g/mol. The van der Waals surface area contributed by atoms with Crippen molar-refractivity contribution in [2.45, 2.75) is 25.3 Å². The number of morpholine rings is 1. The van der Waals surface area contributed by atoms with Gasteiger partial charge in [0, 0.05) is 44.5 Å². The lowest BCUT2D eigenvalue weighted by molar-refractivity contribution is -0.148. The molecule has 3 rings (SSSR count). The first kappa shape index (κ1) is 26.5. The number of carbonyl (C=O) groups is 3. The molecule has 2 atom stereocenters. The Morgan fingerprint density at radius 3 is 2.53 bits per heavy atom. The fraction of sp³-hybridized carbons (Fsp3) is 0.571. The molecule has 2 aliphatic heterocycles. The number of nitrogens with one attached hydrogen (secondary N) is 1. The van der Waals surface area contributed by atoms with Gasteiger partial charge in [0.25, 0.3) is 5.91 Å². The van der Waals surface area contributed by atoms with Gasteiger partial charge in [-0.1, -0.05) is 18.5 Å². The Kier molecular flexibility index (Phi) is 8.61. The lowest BCUT2D eigenvalue weighted by Gasteiger charge is -2.34. The number of hydrogen-bond donors (Lipinski definition) is 1. The van der Waals surface area contributed by atoms with E-state index in [1.165, 1.54) is 27.2 Å². The molecule has 34 heavy (non-hydrogen) atoms. The van der Waals surface area contributed by atoms with Crippen molar-refractivity contribution in [2.24, 2.45) is 0 Å². The average molecular weight is 533 g/mol. The number of thiophene rings is 1. The van der Waals surface area contributed by atoms with Crippen molar-refractivity contribution in [1.29, 1.82) is 0 Å². The van der Waals surface area contributed by atoms with Gasteiger partial charge in [-0.25, -0.2) is 8.42 Å². The minimum Gasteiger partial charge on any atom is -0.378 e. The maximum absolute atomic E-state index is 13.2. The highest BCUT2D eigenvalue weighted by Crippen LogP contribution is 2.29. The third kappa shape index (κ3) is 6.49. The van der Waals surface area contributed by atoms with Crippen LogP contribution in [0.4, 0.5) is 0 Å². The van der Waals surface area contributed by atoms with Gasteiger partial charge >= 0.3 is 0 Å². The van der Waals surface area contributed by atoms with Gasteiger partial charge in [0.1, 0.15) is 11.7 Å². The number of halogens is 1. The van der Waals surface area contributed by atoms with Crippen LogP contribution < -0.4 is 4.72 Å². The molecule has 0 bridgehead atoms. The number of ether oxygens (including phenoxy) is 1. The molecular formula is C21H29ClN4O6S2. The highest BCUT2D eigenvalue weighted by Gasteiger charge is 2.39. The van der Waals surface area contributed by atoms with Crippen LogP contribution in [0.2, 0.25) is 4.34 Å². The number of amides is 3. The van der Waals surface area contributed by atoms with Crippen LogP contribution in [0.15, 0.2) is 23.9 Å². The molecule has 1 aromatic rings. The third-order valence-electron chi connectivity index (χ3n) is 5.65. The van der Waals surface area contributed by atoms with Crippen molar-refractivity contribution in [2.75, 3.05) is 52.7 Å². The number of carbonyl (C=O) groups excluding carboxylic acids is 3. The molecule has 10 nitrogen and oxygen atoms in total. The second kappa shape index (κ2) is 11.1. The van der Waals surface area contributed by atoms with Gasteiger partial charge in [-0.15, -0.1) is 11.3 Å². The van der Waals surface area contributed by atoms with Gasteiger partial charge < -0.3 is 19.4 Å². The Morgan fingerprint density at radius 1 is 1.26 bits per heavy atom. The maximum atomic E-state index is 13.2. The summed E-state index contributed by atoms with van der Waals surface area (Å²) in [5.41, 5.74) is -0.117.